The second-order valence-corrected chi connectivity index (χ2v) is 5.26. The fraction of sp³-hybridized carbons (Fsp3) is 0.0625. The lowest BCUT2D eigenvalue weighted by molar-refractivity contribution is 0.101. The fourth-order valence-electron chi connectivity index (χ4n) is 2.25. The molecule has 1 aromatic heterocycles. The zero-order valence-corrected chi connectivity index (χ0v) is 12.6. The van der Waals surface area contributed by atoms with Gasteiger partial charge in [-0.25, -0.2) is 0 Å². The Morgan fingerprint density at radius 1 is 1.14 bits per heavy atom. The third kappa shape index (κ3) is 2.44. The van der Waals surface area contributed by atoms with Gasteiger partial charge in [-0.2, -0.15) is 4.68 Å². The lowest BCUT2D eigenvalue weighted by atomic mass is 10.1. The third-order valence-corrected chi connectivity index (χ3v) is 3.69. The Bertz CT molecular complexity index is 988. The number of nitrogens with zero attached hydrogens (tertiary/aromatic N) is 1. The number of hydrogen-bond donors (Lipinski definition) is 2. The number of para-hydroxylation sites is 1. The van der Waals surface area contributed by atoms with Gasteiger partial charge in [-0.3, -0.25) is 15.0 Å². The third-order valence-electron chi connectivity index (χ3n) is 3.41. The minimum atomic E-state index is -0.380. The molecule has 0 radical (unpaired) electrons. The highest BCUT2D eigenvalue weighted by Gasteiger charge is 2.11. The van der Waals surface area contributed by atoms with Crippen molar-refractivity contribution in [2.75, 3.05) is 5.43 Å². The summed E-state index contributed by atoms with van der Waals surface area (Å²) in [6, 6.07) is 14.2. The highest BCUT2D eigenvalue weighted by Crippen LogP contribution is 2.08. The van der Waals surface area contributed by atoms with E-state index in [1.807, 2.05) is 25.1 Å². The maximum Gasteiger partial charge on any atom is 0.281 e. The molecule has 0 fully saturated rings. The number of nitrogens with one attached hydrogen (secondary N) is 2. The van der Waals surface area contributed by atoms with Crippen molar-refractivity contribution in [1.82, 2.24) is 9.66 Å². The summed E-state index contributed by atoms with van der Waals surface area (Å²) in [6.45, 7) is 1.83. The summed E-state index contributed by atoms with van der Waals surface area (Å²) in [4.78, 5) is 27.7. The van der Waals surface area contributed by atoms with Crippen LogP contribution in [0, 0.1) is 11.7 Å². The van der Waals surface area contributed by atoms with Crippen molar-refractivity contribution in [2.45, 2.75) is 6.92 Å². The van der Waals surface area contributed by atoms with Gasteiger partial charge in [0, 0.05) is 5.56 Å². The molecule has 0 bridgehead atoms. The summed E-state index contributed by atoms with van der Waals surface area (Å²) in [5.41, 5.74) is 4.16. The van der Waals surface area contributed by atoms with Crippen molar-refractivity contribution in [2.24, 2.45) is 0 Å². The van der Waals surface area contributed by atoms with Gasteiger partial charge in [-0.15, -0.1) is 0 Å². The molecule has 2 N–H and O–H groups in total. The van der Waals surface area contributed by atoms with Gasteiger partial charge in [0.25, 0.3) is 11.5 Å². The number of hydrogen-bond acceptors (Lipinski definition) is 3. The zero-order chi connectivity index (χ0) is 15.7. The van der Waals surface area contributed by atoms with Crippen molar-refractivity contribution < 1.29 is 4.79 Å². The molecule has 0 aliphatic carbocycles. The monoisotopic (exact) mass is 311 g/mol. The molecule has 3 aromatic rings. The highest BCUT2D eigenvalue weighted by molar-refractivity contribution is 7.71. The largest absolute Gasteiger partial charge is 0.330 e. The lowest BCUT2D eigenvalue weighted by Crippen LogP contribution is -2.34. The van der Waals surface area contributed by atoms with Gasteiger partial charge in [0.15, 0.2) is 4.77 Å². The Balaban J connectivity index is 2.08. The first-order valence-corrected chi connectivity index (χ1v) is 7.10. The molecule has 2 aromatic carbocycles. The lowest BCUT2D eigenvalue weighted by Gasteiger charge is -2.10. The number of carbonyl (C=O) groups excluding carboxylic acids is 1. The maximum atomic E-state index is 12.5. The van der Waals surface area contributed by atoms with Crippen LogP contribution in [0.2, 0.25) is 0 Å². The average molecular weight is 311 g/mol. The molecule has 0 spiro atoms. The molecule has 0 aliphatic heterocycles. The van der Waals surface area contributed by atoms with Crippen molar-refractivity contribution >= 4 is 29.0 Å². The van der Waals surface area contributed by atoms with Gasteiger partial charge in [0.1, 0.15) is 0 Å². The normalized spacial score (nSPS) is 10.6. The van der Waals surface area contributed by atoms with E-state index in [1.165, 1.54) is 0 Å². The summed E-state index contributed by atoms with van der Waals surface area (Å²) in [6.07, 6.45) is 0. The van der Waals surface area contributed by atoms with Gasteiger partial charge in [0.05, 0.1) is 10.9 Å². The van der Waals surface area contributed by atoms with E-state index >= 15 is 0 Å². The molecule has 5 nitrogen and oxygen atoms in total. The number of aromatic nitrogens is 2. The Hall–Kier alpha value is -2.73. The number of rotatable bonds is 2. The predicted molar refractivity (Wildman–Crippen MR) is 88.3 cm³/mol. The van der Waals surface area contributed by atoms with Crippen LogP contribution in [0.25, 0.3) is 10.9 Å². The van der Waals surface area contributed by atoms with Crippen LogP contribution in [0.1, 0.15) is 15.9 Å². The summed E-state index contributed by atoms with van der Waals surface area (Å²) < 4.78 is 1.21. The molecule has 0 atom stereocenters. The van der Waals surface area contributed by atoms with E-state index < -0.39 is 0 Å². The van der Waals surface area contributed by atoms with Crippen molar-refractivity contribution in [3.05, 3.63) is 74.8 Å². The number of benzene rings is 2. The first kappa shape index (κ1) is 14.2. The number of carbonyl (C=O) groups is 1. The smallest absolute Gasteiger partial charge is 0.281 e. The Morgan fingerprint density at radius 2 is 1.82 bits per heavy atom. The Labute approximate surface area is 131 Å². The number of aromatic amines is 1. The van der Waals surface area contributed by atoms with Gasteiger partial charge in [0.2, 0.25) is 0 Å². The summed E-state index contributed by atoms with van der Waals surface area (Å²) in [5, 5.41) is 0.459. The number of amides is 1. The Morgan fingerprint density at radius 3 is 2.59 bits per heavy atom. The van der Waals surface area contributed by atoms with Crippen LogP contribution >= 0.6 is 12.2 Å². The average Bonchev–Trinajstić information content (AvgIpc) is 2.51. The van der Waals surface area contributed by atoms with Crippen LogP contribution in [0.4, 0.5) is 0 Å². The Kier molecular flexibility index (Phi) is 3.60. The summed E-state index contributed by atoms with van der Waals surface area (Å²) in [7, 11) is 0. The minimum absolute atomic E-state index is 0.144. The van der Waals surface area contributed by atoms with E-state index in [2.05, 4.69) is 10.4 Å². The second-order valence-electron chi connectivity index (χ2n) is 4.87. The molecule has 110 valence electrons. The van der Waals surface area contributed by atoms with Crippen molar-refractivity contribution in [3.8, 4) is 0 Å². The van der Waals surface area contributed by atoms with E-state index in [-0.39, 0.29) is 16.2 Å². The van der Waals surface area contributed by atoms with Crippen LogP contribution < -0.4 is 11.0 Å². The van der Waals surface area contributed by atoms with Gasteiger partial charge in [-0.05, 0) is 42.9 Å². The minimum Gasteiger partial charge on any atom is -0.330 e. The number of H-pyrrole nitrogens is 1. The van der Waals surface area contributed by atoms with Crippen molar-refractivity contribution in [3.63, 3.8) is 0 Å². The molecule has 0 aliphatic rings. The van der Waals surface area contributed by atoms with Crippen LogP contribution in [-0.2, 0) is 0 Å². The summed E-state index contributed by atoms with van der Waals surface area (Å²) >= 11 is 5.16. The molecule has 6 heteroatoms. The predicted octanol–water partition coefficient (Wildman–Crippen LogP) is 2.75. The standard InChI is InChI=1S/C16H13N3O2S/c1-10-6-2-3-7-11(10)14(20)18-19-15(21)12-8-4-5-9-13(12)17-16(19)22/h2-9H,1H3,(H,17,22)(H,18,20). The summed E-state index contributed by atoms with van der Waals surface area (Å²) in [5.74, 6) is -0.380. The van der Waals surface area contributed by atoms with Crippen LogP contribution in [0.15, 0.2) is 53.3 Å². The van der Waals surface area contributed by atoms with Crippen LogP contribution in [0.5, 0.6) is 0 Å². The molecule has 3 rings (SSSR count). The number of aryl methyl sites for hydroxylation is 1. The van der Waals surface area contributed by atoms with Crippen LogP contribution in [-0.4, -0.2) is 15.6 Å². The molecule has 1 amide bonds. The maximum absolute atomic E-state index is 12.5. The fourth-order valence-corrected chi connectivity index (χ4v) is 2.49. The van der Waals surface area contributed by atoms with Gasteiger partial charge < -0.3 is 4.98 Å². The molecule has 0 unspecified atom stereocenters. The van der Waals surface area contributed by atoms with E-state index in [1.54, 1.807) is 30.3 Å². The molecule has 0 saturated heterocycles. The van der Waals surface area contributed by atoms with E-state index in [4.69, 9.17) is 12.2 Å². The van der Waals surface area contributed by atoms with E-state index in [0.717, 1.165) is 10.2 Å². The van der Waals surface area contributed by atoms with Crippen LogP contribution in [0.3, 0.4) is 0 Å². The number of fused-ring (bicyclic) bond motifs is 1. The SMILES string of the molecule is Cc1ccccc1C(=O)Nn1c(=S)[nH]c2ccccc2c1=O. The first-order chi connectivity index (χ1) is 10.6. The molecule has 22 heavy (non-hydrogen) atoms. The van der Waals surface area contributed by atoms with E-state index in [9.17, 15) is 9.59 Å². The molecular weight excluding hydrogens is 298 g/mol. The topological polar surface area (TPSA) is 66.9 Å². The highest BCUT2D eigenvalue weighted by atomic mass is 32.1. The quantitative estimate of drug-likeness (QED) is 0.715. The zero-order valence-electron chi connectivity index (χ0n) is 11.8. The first-order valence-electron chi connectivity index (χ1n) is 6.69. The molecule has 1 heterocycles. The second kappa shape index (κ2) is 5.57. The van der Waals surface area contributed by atoms with Crippen molar-refractivity contribution in [1.29, 1.82) is 0 Å². The van der Waals surface area contributed by atoms with E-state index in [0.29, 0.717) is 16.5 Å². The molecular formula is C16H13N3O2S. The van der Waals surface area contributed by atoms with Gasteiger partial charge >= 0.3 is 0 Å². The van der Waals surface area contributed by atoms with Gasteiger partial charge in [-0.1, -0.05) is 30.3 Å². The molecule has 0 saturated carbocycles.